The molecule has 0 bridgehead atoms. The van der Waals surface area contributed by atoms with Crippen LogP contribution in [0.15, 0.2) is 36.4 Å². The summed E-state index contributed by atoms with van der Waals surface area (Å²) in [4.78, 5) is 21.2. The quantitative estimate of drug-likeness (QED) is 0.611. The number of rotatable bonds is 5. The van der Waals surface area contributed by atoms with Crippen LogP contribution < -0.4 is 0 Å². The third kappa shape index (κ3) is 3.20. The van der Waals surface area contributed by atoms with E-state index >= 15 is 0 Å². The summed E-state index contributed by atoms with van der Waals surface area (Å²) in [6.45, 7) is 0. The summed E-state index contributed by atoms with van der Waals surface area (Å²) >= 11 is 5.82. The number of benzene rings is 1. The van der Waals surface area contributed by atoms with E-state index in [9.17, 15) is 9.59 Å². The minimum Gasteiger partial charge on any atom is -0.480 e. The fourth-order valence-corrected chi connectivity index (χ4v) is 1.92. The molecule has 0 aliphatic heterocycles. The second kappa shape index (κ2) is 6.15. The van der Waals surface area contributed by atoms with Gasteiger partial charge in [-0.05, 0) is 5.56 Å². The summed E-state index contributed by atoms with van der Waals surface area (Å²) in [5.74, 6) is -2.93. The van der Waals surface area contributed by atoms with Crippen LogP contribution in [0, 0.1) is 0 Å². The van der Waals surface area contributed by atoms with Crippen LogP contribution in [0.3, 0.4) is 0 Å². The molecule has 0 aliphatic rings. The molecule has 0 saturated heterocycles. The Morgan fingerprint density at radius 2 is 1.67 bits per heavy atom. The van der Waals surface area contributed by atoms with Crippen molar-refractivity contribution < 1.29 is 19.8 Å². The van der Waals surface area contributed by atoms with Crippen LogP contribution in [-0.4, -0.2) is 31.3 Å². The zero-order valence-corrected chi connectivity index (χ0v) is 12.3. The molecular weight excluding hydrogens is 368 g/mol. The van der Waals surface area contributed by atoms with Crippen molar-refractivity contribution in [1.29, 1.82) is 0 Å². The normalized spacial score (nSPS) is 13.4. The highest BCUT2D eigenvalue weighted by atomic mass is 79.9. The number of aliphatic carboxylic acids is 2. The second-order valence-electron chi connectivity index (χ2n) is 3.49. The van der Waals surface area contributed by atoms with Crippen LogP contribution in [0.2, 0.25) is 0 Å². The summed E-state index contributed by atoms with van der Waals surface area (Å²) in [6, 6.07) is 9.17. The highest BCUT2D eigenvalue weighted by Crippen LogP contribution is 2.30. The van der Waals surface area contributed by atoms with E-state index in [1.54, 1.807) is 6.08 Å². The first-order valence-corrected chi connectivity index (χ1v) is 6.63. The third-order valence-corrected chi connectivity index (χ3v) is 5.04. The topological polar surface area (TPSA) is 74.6 Å². The van der Waals surface area contributed by atoms with Crippen LogP contribution >= 0.6 is 31.9 Å². The van der Waals surface area contributed by atoms with Gasteiger partial charge in [0, 0.05) is 0 Å². The lowest BCUT2D eigenvalue weighted by Crippen LogP contribution is -2.47. The molecule has 1 rings (SSSR count). The molecule has 96 valence electrons. The number of alkyl halides is 2. The Morgan fingerprint density at radius 1 is 1.17 bits per heavy atom. The maximum atomic E-state index is 11.0. The molecule has 2 N–H and O–H groups in total. The molecule has 6 heteroatoms. The number of allylic oxidation sites excluding steroid dienone is 1. The molecular formula is C12H10Br2O4. The van der Waals surface area contributed by atoms with Crippen molar-refractivity contribution >= 4 is 49.9 Å². The van der Waals surface area contributed by atoms with E-state index in [4.69, 9.17) is 10.2 Å². The number of hydrogen-bond donors (Lipinski definition) is 2. The molecule has 1 unspecified atom stereocenters. The van der Waals surface area contributed by atoms with E-state index in [0.717, 1.165) is 5.56 Å². The van der Waals surface area contributed by atoms with Gasteiger partial charge in [-0.25, -0.2) is 0 Å². The zero-order chi connectivity index (χ0) is 13.8. The van der Waals surface area contributed by atoms with Gasteiger partial charge >= 0.3 is 11.9 Å². The van der Waals surface area contributed by atoms with Gasteiger partial charge in [-0.1, -0.05) is 74.3 Å². The van der Waals surface area contributed by atoms with Gasteiger partial charge in [0.25, 0.3) is 0 Å². The maximum absolute atomic E-state index is 11.0. The molecule has 0 saturated carbocycles. The van der Waals surface area contributed by atoms with Gasteiger partial charge < -0.3 is 10.2 Å². The van der Waals surface area contributed by atoms with Gasteiger partial charge in [-0.2, -0.15) is 0 Å². The van der Waals surface area contributed by atoms with Crippen LogP contribution in [0.1, 0.15) is 5.56 Å². The lowest BCUT2D eigenvalue weighted by Gasteiger charge is -2.20. The fraction of sp³-hybridized carbons (Fsp3) is 0.167. The minimum absolute atomic E-state index is 0.854. The standard InChI is InChI=1S/C12H10Br2O4/c13-9(12(14,10(15)16)11(17)18)7-6-8-4-2-1-3-5-8/h1-7,9H,(H,15,16)(H,17,18)/b7-6+. The minimum atomic E-state index is -2.09. The predicted molar refractivity (Wildman–Crippen MR) is 75.1 cm³/mol. The first-order chi connectivity index (χ1) is 8.39. The first-order valence-electron chi connectivity index (χ1n) is 4.92. The molecule has 18 heavy (non-hydrogen) atoms. The van der Waals surface area contributed by atoms with Gasteiger partial charge in [-0.3, -0.25) is 9.59 Å². The number of carboxylic acids is 2. The molecule has 4 nitrogen and oxygen atoms in total. The van der Waals surface area contributed by atoms with E-state index in [1.165, 1.54) is 6.08 Å². The number of carbonyl (C=O) groups is 2. The van der Waals surface area contributed by atoms with E-state index in [0.29, 0.717) is 0 Å². The Balaban J connectivity index is 2.93. The van der Waals surface area contributed by atoms with Crippen molar-refractivity contribution in [1.82, 2.24) is 0 Å². The highest BCUT2D eigenvalue weighted by molar-refractivity contribution is 9.13. The van der Waals surface area contributed by atoms with Crippen molar-refractivity contribution in [3.05, 3.63) is 42.0 Å². The number of hydrogen-bond acceptors (Lipinski definition) is 2. The molecule has 0 aromatic heterocycles. The Hall–Kier alpha value is -1.14. The molecule has 0 amide bonds. The van der Waals surface area contributed by atoms with Gasteiger partial charge in [-0.15, -0.1) is 0 Å². The van der Waals surface area contributed by atoms with Crippen LogP contribution in [0.5, 0.6) is 0 Å². The summed E-state index contributed by atoms with van der Waals surface area (Å²) < 4.78 is -2.09. The van der Waals surface area contributed by atoms with Crippen molar-refractivity contribution in [2.24, 2.45) is 0 Å². The number of halogens is 2. The fourth-order valence-electron chi connectivity index (χ4n) is 1.22. The Morgan fingerprint density at radius 3 is 2.11 bits per heavy atom. The van der Waals surface area contributed by atoms with Gasteiger partial charge in [0.1, 0.15) is 0 Å². The van der Waals surface area contributed by atoms with E-state index in [2.05, 4.69) is 31.9 Å². The summed E-state index contributed by atoms with van der Waals surface area (Å²) in [5.41, 5.74) is 0.854. The molecule has 0 fully saturated rings. The molecule has 0 radical (unpaired) electrons. The lowest BCUT2D eigenvalue weighted by molar-refractivity contribution is -0.150. The molecule has 0 spiro atoms. The predicted octanol–water partition coefficient (Wildman–Crippen LogP) is 2.77. The van der Waals surface area contributed by atoms with Crippen molar-refractivity contribution in [2.45, 2.75) is 9.15 Å². The lowest BCUT2D eigenvalue weighted by atomic mass is 10.0. The average Bonchev–Trinajstić information content (AvgIpc) is 2.35. The zero-order valence-electron chi connectivity index (χ0n) is 9.09. The highest BCUT2D eigenvalue weighted by Gasteiger charge is 2.49. The van der Waals surface area contributed by atoms with Crippen molar-refractivity contribution in [3.63, 3.8) is 0 Å². The Labute approximate surface area is 121 Å². The molecule has 1 aromatic rings. The van der Waals surface area contributed by atoms with E-state index < -0.39 is 21.1 Å². The molecule has 0 aliphatic carbocycles. The largest absolute Gasteiger partial charge is 0.480 e. The molecule has 0 heterocycles. The van der Waals surface area contributed by atoms with Crippen molar-refractivity contribution in [2.75, 3.05) is 0 Å². The van der Waals surface area contributed by atoms with E-state index in [-0.39, 0.29) is 0 Å². The summed E-state index contributed by atoms with van der Waals surface area (Å²) in [6.07, 6.45) is 3.13. The second-order valence-corrected chi connectivity index (χ2v) is 5.73. The van der Waals surface area contributed by atoms with Gasteiger partial charge in [0.05, 0.1) is 4.83 Å². The van der Waals surface area contributed by atoms with Crippen molar-refractivity contribution in [3.8, 4) is 0 Å². The Bertz CT molecular complexity index is 456. The van der Waals surface area contributed by atoms with Crippen LogP contribution in [0.25, 0.3) is 6.08 Å². The van der Waals surface area contributed by atoms with E-state index in [1.807, 2.05) is 30.3 Å². The van der Waals surface area contributed by atoms with Gasteiger partial charge in [0.15, 0.2) is 0 Å². The van der Waals surface area contributed by atoms with Crippen LogP contribution in [0.4, 0.5) is 0 Å². The average molecular weight is 378 g/mol. The number of carboxylic acid groups (broad SMARTS) is 2. The smallest absolute Gasteiger partial charge is 0.333 e. The maximum Gasteiger partial charge on any atom is 0.333 e. The summed E-state index contributed by atoms with van der Waals surface area (Å²) in [7, 11) is 0. The molecule has 1 aromatic carbocycles. The SMILES string of the molecule is O=C(O)C(Br)(C(=O)O)C(Br)/C=C/c1ccccc1. The monoisotopic (exact) mass is 376 g/mol. The first kappa shape index (κ1) is 14.9. The molecule has 1 atom stereocenters. The summed E-state index contributed by atoms with van der Waals surface area (Å²) in [5, 5.41) is 18.0. The third-order valence-electron chi connectivity index (χ3n) is 2.26. The van der Waals surface area contributed by atoms with Crippen LogP contribution in [-0.2, 0) is 9.59 Å². The van der Waals surface area contributed by atoms with Gasteiger partial charge in [0.2, 0.25) is 4.32 Å². The Kier molecular flexibility index (Phi) is 5.10.